The average molecular weight is 327 g/mol. The van der Waals surface area contributed by atoms with Gasteiger partial charge in [-0.15, -0.1) is 10.2 Å². The second-order valence-electron chi connectivity index (χ2n) is 3.72. The summed E-state index contributed by atoms with van der Waals surface area (Å²) >= 11 is 2.54. The predicted octanol–water partition coefficient (Wildman–Crippen LogP) is 1.29. The molecule has 2 aromatic heterocycles. The van der Waals surface area contributed by atoms with E-state index in [0.717, 1.165) is 5.76 Å². The fourth-order valence-electron chi connectivity index (χ4n) is 1.27. The Morgan fingerprint density at radius 3 is 3.00 bits per heavy atom. The Bertz CT molecular complexity index is 599. The number of thioether (sulfide) groups is 1. The summed E-state index contributed by atoms with van der Waals surface area (Å²) < 4.78 is 5.83. The van der Waals surface area contributed by atoms with Gasteiger partial charge in [-0.1, -0.05) is 23.1 Å². The van der Waals surface area contributed by atoms with Gasteiger partial charge in [0.1, 0.15) is 5.76 Å². The van der Waals surface area contributed by atoms with E-state index in [9.17, 15) is 9.59 Å². The Balaban J connectivity index is 1.75. The highest BCUT2D eigenvalue weighted by atomic mass is 32.2. The molecule has 8 nitrogen and oxygen atoms in total. The van der Waals surface area contributed by atoms with Crippen molar-refractivity contribution in [2.45, 2.75) is 10.9 Å². The molecule has 2 heterocycles. The SMILES string of the molecule is CNC(=O)NC(=O)CSc1nnc(NCc2ccco2)s1. The van der Waals surface area contributed by atoms with Gasteiger partial charge >= 0.3 is 6.03 Å². The maximum Gasteiger partial charge on any atom is 0.321 e. The van der Waals surface area contributed by atoms with Crippen molar-refractivity contribution in [3.05, 3.63) is 24.2 Å². The number of urea groups is 1. The van der Waals surface area contributed by atoms with Crippen LogP contribution in [0.2, 0.25) is 0 Å². The van der Waals surface area contributed by atoms with Crippen molar-refractivity contribution in [1.29, 1.82) is 0 Å². The van der Waals surface area contributed by atoms with E-state index in [0.29, 0.717) is 16.0 Å². The molecule has 0 aliphatic carbocycles. The summed E-state index contributed by atoms with van der Waals surface area (Å²) in [4.78, 5) is 22.3. The van der Waals surface area contributed by atoms with E-state index in [1.165, 1.54) is 30.1 Å². The molecule has 0 radical (unpaired) electrons. The lowest BCUT2D eigenvalue weighted by Gasteiger charge is -2.00. The standard InChI is InChI=1S/C11H13N5O3S2/c1-12-9(18)14-8(17)6-20-11-16-15-10(21-11)13-5-7-3-2-4-19-7/h2-4H,5-6H2,1H3,(H,13,15)(H2,12,14,17,18). The van der Waals surface area contributed by atoms with Crippen LogP contribution in [0.5, 0.6) is 0 Å². The van der Waals surface area contributed by atoms with Gasteiger partial charge in [0.25, 0.3) is 0 Å². The van der Waals surface area contributed by atoms with E-state index in [4.69, 9.17) is 4.42 Å². The molecule has 10 heteroatoms. The molecule has 112 valence electrons. The Labute approximate surface area is 128 Å². The maximum atomic E-state index is 11.4. The van der Waals surface area contributed by atoms with Gasteiger partial charge in [-0.3, -0.25) is 10.1 Å². The van der Waals surface area contributed by atoms with Crippen LogP contribution in [0.4, 0.5) is 9.93 Å². The normalized spacial score (nSPS) is 10.1. The first-order valence-electron chi connectivity index (χ1n) is 5.91. The lowest BCUT2D eigenvalue weighted by atomic mass is 10.4. The number of hydrogen-bond donors (Lipinski definition) is 3. The lowest BCUT2D eigenvalue weighted by Crippen LogP contribution is -2.38. The van der Waals surface area contributed by atoms with E-state index in [2.05, 4.69) is 26.1 Å². The molecule has 0 aliphatic heterocycles. The lowest BCUT2D eigenvalue weighted by molar-refractivity contribution is -0.117. The summed E-state index contributed by atoms with van der Waals surface area (Å²) in [5.41, 5.74) is 0. The van der Waals surface area contributed by atoms with Crippen LogP contribution in [0.1, 0.15) is 5.76 Å². The zero-order chi connectivity index (χ0) is 15.1. The second-order valence-corrected chi connectivity index (χ2v) is 5.92. The van der Waals surface area contributed by atoms with E-state index in [1.54, 1.807) is 6.26 Å². The molecule has 0 aromatic carbocycles. The molecule has 0 unspecified atom stereocenters. The molecule has 0 atom stereocenters. The summed E-state index contributed by atoms with van der Waals surface area (Å²) in [6, 6.07) is 3.13. The number of hydrogen-bond acceptors (Lipinski definition) is 8. The van der Waals surface area contributed by atoms with E-state index in [-0.39, 0.29) is 11.7 Å². The first kappa shape index (κ1) is 15.3. The van der Waals surface area contributed by atoms with Crippen LogP contribution in [-0.4, -0.2) is 34.9 Å². The third-order valence-electron chi connectivity index (χ3n) is 2.21. The molecular weight excluding hydrogens is 314 g/mol. The van der Waals surface area contributed by atoms with Gasteiger partial charge in [0, 0.05) is 7.05 Å². The van der Waals surface area contributed by atoms with Gasteiger partial charge in [0.05, 0.1) is 18.6 Å². The predicted molar refractivity (Wildman–Crippen MR) is 79.3 cm³/mol. The van der Waals surface area contributed by atoms with E-state index >= 15 is 0 Å². The number of nitrogens with zero attached hydrogens (tertiary/aromatic N) is 2. The highest BCUT2D eigenvalue weighted by Gasteiger charge is 2.10. The fraction of sp³-hybridized carbons (Fsp3) is 0.273. The molecule has 3 amide bonds. The molecular formula is C11H13N5O3S2. The number of imide groups is 1. The van der Waals surface area contributed by atoms with Gasteiger partial charge in [-0.25, -0.2) is 4.79 Å². The zero-order valence-electron chi connectivity index (χ0n) is 11.1. The minimum atomic E-state index is -0.529. The Kier molecular flexibility index (Phi) is 5.58. The van der Waals surface area contributed by atoms with E-state index in [1.807, 2.05) is 12.1 Å². The molecule has 0 bridgehead atoms. The molecule has 0 saturated heterocycles. The fourth-order valence-corrected chi connectivity index (χ4v) is 2.82. The summed E-state index contributed by atoms with van der Waals surface area (Å²) in [5, 5.41) is 16.1. The topological polar surface area (TPSA) is 109 Å². The van der Waals surface area contributed by atoms with Gasteiger partial charge in [-0.2, -0.15) is 0 Å². The van der Waals surface area contributed by atoms with E-state index < -0.39 is 6.03 Å². The molecule has 0 saturated carbocycles. The average Bonchev–Trinajstić information content (AvgIpc) is 3.14. The van der Waals surface area contributed by atoms with Gasteiger partial charge in [-0.05, 0) is 12.1 Å². The third kappa shape index (κ3) is 5.08. The largest absolute Gasteiger partial charge is 0.467 e. The Morgan fingerprint density at radius 1 is 1.43 bits per heavy atom. The van der Waals surface area contributed by atoms with Crippen LogP contribution < -0.4 is 16.0 Å². The quantitative estimate of drug-likeness (QED) is 0.686. The number of anilines is 1. The number of carbonyl (C=O) groups is 2. The molecule has 0 spiro atoms. The number of rotatable bonds is 6. The van der Waals surface area contributed by atoms with Crippen molar-refractivity contribution in [1.82, 2.24) is 20.8 Å². The van der Waals surface area contributed by atoms with Crippen LogP contribution in [0.15, 0.2) is 27.2 Å². The van der Waals surface area contributed by atoms with Crippen molar-refractivity contribution < 1.29 is 14.0 Å². The summed E-state index contributed by atoms with van der Waals surface area (Å²) in [5.74, 6) is 0.504. The number of furan rings is 1. The number of nitrogens with one attached hydrogen (secondary N) is 3. The van der Waals surface area contributed by atoms with Gasteiger partial charge in [0.2, 0.25) is 11.0 Å². The van der Waals surface area contributed by atoms with Gasteiger partial charge < -0.3 is 15.1 Å². The first-order chi connectivity index (χ1) is 10.2. The van der Waals surface area contributed by atoms with Gasteiger partial charge in [0.15, 0.2) is 4.34 Å². The summed E-state index contributed by atoms with van der Waals surface area (Å²) in [6.45, 7) is 0.517. The van der Waals surface area contributed by atoms with Crippen molar-refractivity contribution in [2.24, 2.45) is 0 Å². The van der Waals surface area contributed by atoms with Crippen molar-refractivity contribution in [3.63, 3.8) is 0 Å². The summed E-state index contributed by atoms with van der Waals surface area (Å²) in [6.07, 6.45) is 1.60. The second kappa shape index (κ2) is 7.64. The molecule has 0 aliphatic rings. The molecule has 0 fully saturated rings. The maximum absolute atomic E-state index is 11.4. The van der Waals surface area contributed by atoms with Crippen LogP contribution in [-0.2, 0) is 11.3 Å². The molecule has 3 N–H and O–H groups in total. The minimum Gasteiger partial charge on any atom is -0.467 e. The number of carbonyl (C=O) groups excluding carboxylic acids is 2. The van der Waals surface area contributed by atoms with Crippen molar-refractivity contribution >= 4 is 40.2 Å². The Morgan fingerprint density at radius 2 is 2.29 bits per heavy atom. The van der Waals surface area contributed by atoms with Crippen LogP contribution in [0, 0.1) is 0 Å². The minimum absolute atomic E-state index is 0.0975. The monoisotopic (exact) mass is 327 g/mol. The van der Waals surface area contributed by atoms with Crippen molar-refractivity contribution in [2.75, 3.05) is 18.1 Å². The van der Waals surface area contributed by atoms with Crippen LogP contribution in [0.25, 0.3) is 0 Å². The molecule has 2 rings (SSSR count). The first-order valence-corrected chi connectivity index (χ1v) is 7.71. The number of amides is 3. The highest BCUT2D eigenvalue weighted by molar-refractivity contribution is 8.01. The summed E-state index contributed by atoms with van der Waals surface area (Å²) in [7, 11) is 1.44. The molecule has 2 aromatic rings. The smallest absolute Gasteiger partial charge is 0.321 e. The van der Waals surface area contributed by atoms with Crippen molar-refractivity contribution in [3.8, 4) is 0 Å². The third-order valence-corrected chi connectivity index (χ3v) is 4.22. The number of aromatic nitrogens is 2. The zero-order valence-corrected chi connectivity index (χ0v) is 12.7. The van der Waals surface area contributed by atoms with Crippen LogP contribution >= 0.6 is 23.1 Å². The Hall–Kier alpha value is -2.07. The molecule has 21 heavy (non-hydrogen) atoms. The highest BCUT2D eigenvalue weighted by Crippen LogP contribution is 2.25. The van der Waals surface area contributed by atoms with Crippen LogP contribution in [0.3, 0.4) is 0 Å².